The summed E-state index contributed by atoms with van der Waals surface area (Å²) in [4.78, 5) is 16.3. The van der Waals surface area contributed by atoms with Gasteiger partial charge in [-0.25, -0.2) is 8.78 Å². The highest BCUT2D eigenvalue weighted by Gasteiger charge is 2.18. The molecule has 1 fully saturated rings. The van der Waals surface area contributed by atoms with Crippen LogP contribution in [0.1, 0.15) is 28.2 Å². The highest BCUT2D eigenvalue weighted by atomic mass is 19.1. The average Bonchev–Trinajstić information content (AvgIpc) is 3.39. The van der Waals surface area contributed by atoms with Gasteiger partial charge in [-0.05, 0) is 61.7 Å². The summed E-state index contributed by atoms with van der Waals surface area (Å²) in [6.07, 6.45) is 2.17. The van der Waals surface area contributed by atoms with E-state index in [1.165, 1.54) is 18.1 Å². The summed E-state index contributed by atoms with van der Waals surface area (Å²) in [5, 5.41) is 9.70. The number of carbonyl (C=O) groups excluding carboxylic acids is 1. The van der Waals surface area contributed by atoms with E-state index in [1.807, 2.05) is 12.1 Å². The topological polar surface area (TPSA) is 80.1 Å². The minimum atomic E-state index is -0.794. The van der Waals surface area contributed by atoms with Gasteiger partial charge in [0, 0.05) is 5.56 Å². The Hall–Kier alpha value is -3.13. The Labute approximate surface area is 166 Å². The van der Waals surface area contributed by atoms with Crippen molar-refractivity contribution in [2.75, 3.05) is 13.1 Å². The lowest BCUT2D eigenvalue weighted by molar-refractivity contribution is 0.0949. The highest BCUT2D eigenvalue weighted by Crippen LogP contribution is 2.24. The predicted octanol–water partition coefficient (Wildman–Crippen LogP) is 3.10. The molecule has 29 heavy (non-hydrogen) atoms. The van der Waals surface area contributed by atoms with Crippen molar-refractivity contribution in [3.8, 4) is 11.5 Å². The van der Waals surface area contributed by atoms with E-state index in [4.69, 9.17) is 4.52 Å². The van der Waals surface area contributed by atoms with Gasteiger partial charge in [-0.3, -0.25) is 4.79 Å². The van der Waals surface area contributed by atoms with Crippen molar-refractivity contribution in [2.24, 2.45) is 5.92 Å². The van der Waals surface area contributed by atoms with Gasteiger partial charge in [-0.15, -0.1) is 0 Å². The first-order chi connectivity index (χ1) is 14.1. The Morgan fingerprint density at radius 2 is 1.93 bits per heavy atom. The molecule has 2 heterocycles. The standard InChI is InChI=1S/C21H20F2N4O2/c22-16-2-1-3-17(23)19(16)21-26-18(27-29-21)12-25-20(28)15-6-4-13(5-7-15)10-14-8-9-24-11-14/h1-7,14,24H,8-12H2,(H,25,28). The third-order valence-corrected chi connectivity index (χ3v) is 4.95. The van der Waals surface area contributed by atoms with E-state index in [-0.39, 0.29) is 29.7 Å². The third kappa shape index (κ3) is 4.48. The molecule has 0 radical (unpaired) electrons. The van der Waals surface area contributed by atoms with E-state index >= 15 is 0 Å². The van der Waals surface area contributed by atoms with Crippen LogP contribution in [0.2, 0.25) is 0 Å². The second kappa shape index (κ2) is 8.48. The van der Waals surface area contributed by atoms with Gasteiger partial charge in [0.2, 0.25) is 0 Å². The van der Waals surface area contributed by atoms with Gasteiger partial charge in [0.1, 0.15) is 17.2 Å². The van der Waals surface area contributed by atoms with Crippen molar-refractivity contribution in [1.82, 2.24) is 20.8 Å². The Bertz CT molecular complexity index is 978. The first-order valence-corrected chi connectivity index (χ1v) is 9.45. The molecule has 0 bridgehead atoms. The zero-order chi connectivity index (χ0) is 20.2. The largest absolute Gasteiger partial charge is 0.345 e. The van der Waals surface area contributed by atoms with Crippen LogP contribution in [-0.4, -0.2) is 29.1 Å². The fourth-order valence-corrected chi connectivity index (χ4v) is 3.41. The second-order valence-electron chi connectivity index (χ2n) is 7.05. The smallest absolute Gasteiger partial charge is 0.263 e. The van der Waals surface area contributed by atoms with Crippen LogP contribution in [-0.2, 0) is 13.0 Å². The molecule has 1 unspecified atom stereocenters. The zero-order valence-corrected chi connectivity index (χ0v) is 15.6. The van der Waals surface area contributed by atoms with Crippen LogP contribution in [0.3, 0.4) is 0 Å². The molecule has 0 spiro atoms. The number of halogens is 2. The Kier molecular flexibility index (Phi) is 5.62. The maximum absolute atomic E-state index is 13.8. The monoisotopic (exact) mass is 398 g/mol. The van der Waals surface area contributed by atoms with Crippen LogP contribution in [0, 0.1) is 17.6 Å². The molecule has 8 heteroatoms. The molecule has 2 aromatic carbocycles. The lowest BCUT2D eigenvalue weighted by atomic mass is 9.98. The number of carbonyl (C=O) groups is 1. The van der Waals surface area contributed by atoms with Gasteiger partial charge in [0.05, 0.1) is 6.54 Å². The van der Waals surface area contributed by atoms with Gasteiger partial charge >= 0.3 is 0 Å². The molecule has 0 saturated carbocycles. The van der Waals surface area contributed by atoms with Crippen molar-refractivity contribution >= 4 is 5.91 Å². The number of aromatic nitrogens is 2. The summed E-state index contributed by atoms with van der Waals surface area (Å²) in [5.41, 5.74) is 1.33. The van der Waals surface area contributed by atoms with Crippen LogP contribution < -0.4 is 10.6 Å². The molecule has 4 rings (SSSR count). The molecular formula is C21H20F2N4O2. The number of rotatable bonds is 6. The summed E-state index contributed by atoms with van der Waals surface area (Å²) in [6.45, 7) is 2.08. The summed E-state index contributed by atoms with van der Waals surface area (Å²) in [5.74, 6) is -1.38. The third-order valence-electron chi connectivity index (χ3n) is 4.95. The fourth-order valence-electron chi connectivity index (χ4n) is 3.41. The summed E-state index contributed by atoms with van der Waals surface area (Å²) < 4.78 is 32.5. The van der Waals surface area contributed by atoms with Gasteiger partial charge in [-0.2, -0.15) is 4.98 Å². The van der Waals surface area contributed by atoms with Crippen LogP contribution in [0.4, 0.5) is 8.78 Å². The van der Waals surface area contributed by atoms with Gasteiger partial charge < -0.3 is 15.2 Å². The maximum Gasteiger partial charge on any atom is 0.263 e. The zero-order valence-electron chi connectivity index (χ0n) is 15.6. The van der Waals surface area contributed by atoms with Crippen molar-refractivity contribution in [1.29, 1.82) is 0 Å². The van der Waals surface area contributed by atoms with Crippen LogP contribution in [0.15, 0.2) is 47.0 Å². The normalized spacial score (nSPS) is 16.1. The van der Waals surface area contributed by atoms with E-state index in [1.54, 1.807) is 12.1 Å². The molecular weight excluding hydrogens is 378 g/mol. The van der Waals surface area contributed by atoms with Gasteiger partial charge in [-0.1, -0.05) is 23.4 Å². The van der Waals surface area contributed by atoms with E-state index in [2.05, 4.69) is 20.8 Å². The first kappa shape index (κ1) is 19.2. The molecule has 3 aromatic rings. The quantitative estimate of drug-likeness (QED) is 0.667. The Morgan fingerprint density at radius 1 is 1.17 bits per heavy atom. The molecule has 1 aliphatic heterocycles. The minimum absolute atomic E-state index is 0.0199. The van der Waals surface area contributed by atoms with Crippen molar-refractivity contribution in [3.05, 3.63) is 71.1 Å². The summed E-state index contributed by atoms with van der Waals surface area (Å²) >= 11 is 0. The molecule has 1 aliphatic rings. The molecule has 6 nitrogen and oxygen atoms in total. The maximum atomic E-state index is 13.8. The number of hydrogen-bond acceptors (Lipinski definition) is 5. The minimum Gasteiger partial charge on any atom is -0.345 e. The molecule has 1 aromatic heterocycles. The molecule has 1 saturated heterocycles. The van der Waals surface area contributed by atoms with Crippen molar-refractivity contribution in [2.45, 2.75) is 19.4 Å². The number of benzene rings is 2. The second-order valence-corrected chi connectivity index (χ2v) is 7.05. The first-order valence-electron chi connectivity index (χ1n) is 9.45. The molecule has 1 atom stereocenters. The Balaban J connectivity index is 1.35. The van der Waals surface area contributed by atoms with Crippen LogP contribution in [0.5, 0.6) is 0 Å². The number of amides is 1. The highest BCUT2D eigenvalue weighted by molar-refractivity contribution is 5.94. The molecule has 1 amide bonds. The SMILES string of the molecule is O=C(NCc1noc(-c2c(F)cccc2F)n1)c1ccc(CC2CCNC2)cc1. The predicted molar refractivity (Wildman–Crippen MR) is 102 cm³/mol. The molecule has 150 valence electrons. The van der Waals surface area contributed by atoms with Crippen molar-refractivity contribution in [3.63, 3.8) is 0 Å². The van der Waals surface area contributed by atoms with Crippen molar-refractivity contribution < 1.29 is 18.1 Å². The van der Waals surface area contributed by atoms with E-state index in [0.29, 0.717) is 11.5 Å². The van der Waals surface area contributed by atoms with E-state index in [9.17, 15) is 13.6 Å². The van der Waals surface area contributed by atoms with Crippen LogP contribution >= 0.6 is 0 Å². The number of hydrogen-bond donors (Lipinski definition) is 2. The van der Waals surface area contributed by atoms with E-state index in [0.717, 1.165) is 31.6 Å². The summed E-state index contributed by atoms with van der Waals surface area (Å²) in [7, 11) is 0. The lowest BCUT2D eigenvalue weighted by Gasteiger charge is -2.09. The fraction of sp³-hybridized carbons (Fsp3) is 0.286. The Morgan fingerprint density at radius 3 is 2.62 bits per heavy atom. The van der Waals surface area contributed by atoms with E-state index < -0.39 is 11.6 Å². The van der Waals surface area contributed by atoms with Gasteiger partial charge in [0.15, 0.2) is 5.82 Å². The average molecular weight is 398 g/mol. The lowest BCUT2D eigenvalue weighted by Crippen LogP contribution is -2.23. The van der Waals surface area contributed by atoms with Gasteiger partial charge in [0.25, 0.3) is 11.8 Å². The molecule has 0 aliphatic carbocycles. The number of nitrogens with zero attached hydrogens (tertiary/aromatic N) is 2. The van der Waals surface area contributed by atoms with Crippen LogP contribution in [0.25, 0.3) is 11.5 Å². The molecule has 2 N–H and O–H groups in total. The number of nitrogens with one attached hydrogen (secondary N) is 2. The summed E-state index contributed by atoms with van der Waals surface area (Å²) in [6, 6.07) is 10.9.